The number of rotatable bonds is 8. The lowest BCUT2D eigenvalue weighted by molar-refractivity contribution is 0.262. The third-order valence-electron chi connectivity index (χ3n) is 6.73. The highest BCUT2D eigenvalue weighted by Crippen LogP contribution is 2.40. The van der Waals surface area contributed by atoms with E-state index in [0.29, 0.717) is 34.4 Å². The molecule has 5 rings (SSSR count). The molecule has 0 bridgehead atoms. The van der Waals surface area contributed by atoms with Gasteiger partial charge < -0.3 is 25.4 Å². The van der Waals surface area contributed by atoms with Crippen molar-refractivity contribution in [1.82, 2.24) is 4.98 Å². The molecule has 0 aliphatic heterocycles. The predicted octanol–water partition coefficient (Wildman–Crippen LogP) is 9.44. The van der Waals surface area contributed by atoms with Crippen LogP contribution in [0.25, 0.3) is 10.8 Å². The maximum atomic E-state index is 13.3. The van der Waals surface area contributed by atoms with E-state index in [4.69, 9.17) is 9.47 Å². The summed E-state index contributed by atoms with van der Waals surface area (Å²) in [6.45, 7) is 6.43. The van der Waals surface area contributed by atoms with Gasteiger partial charge in [-0.1, -0.05) is 63.2 Å². The van der Waals surface area contributed by atoms with Crippen LogP contribution in [0.2, 0.25) is 0 Å². The maximum Gasteiger partial charge on any atom is 0.323 e. The topological polar surface area (TPSA) is 84.5 Å². The number of pyridine rings is 1. The lowest BCUT2D eigenvalue weighted by Gasteiger charge is -2.23. The number of urea groups is 1. The van der Waals surface area contributed by atoms with Crippen LogP contribution in [0, 0.1) is 0 Å². The molecule has 0 atom stereocenters. The number of benzene rings is 4. The fraction of sp³-hybridized carbons (Fsp3) is 0.176. The summed E-state index contributed by atoms with van der Waals surface area (Å²) in [7, 11) is 1.62. The average molecular weight is 579 g/mol. The number of amides is 2. The van der Waals surface area contributed by atoms with E-state index < -0.39 is 0 Å². The van der Waals surface area contributed by atoms with Gasteiger partial charge in [-0.15, -0.1) is 11.8 Å². The van der Waals surface area contributed by atoms with E-state index in [0.717, 1.165) is 26.9 Å². The molecule has 0 radical (unpaired) electrons. The summed E-state index contributed by atoms with van der Waals surface area (Å²) >= 11 is 1.58. The van der Waals surface area contributed by atoms with Crippen LogP contribution in [-0.4, -0.2) is 24.4 Å². The number of hydrogen-bond acceptors (Lipinski definition) is 6. The third kappa shape index (κ3) is 6.61. The van der Waals surface area contributed by atoms with Crippen molar-refractivity contribution in [2.75, 3.05) is 29.3 Å². The van der Waals surface area contributed by atoms with Gasteiger partial charge in [-0.2, -0.15) is 0 Å². The summed E-state index contributed by atoms with van der Waals surface area (Å²) in [5, 5.41) is 11.0. The second-order valence-electron chi connectivity index (χ2n) is 10.7. The smallest absolute Gasteiger partial charge is 0.323 e. The molecule has 4 aromatic carbocycles. The Balaban J connectivity index is 1.38. The molecular weight excluding hydrogens is 544 g/mol. The molecule has 42 heavy (non-hydrogen) atoms. The van der Waals surface area contributed by atoms with Crippen molar-refractivity contribution in [1.29, 1.82) is 0 Å². The highest BCUT2D eigenvalue weighted by Gasteiger charge is 2.21. The number of methoxy groups -OCH3 is 1. The molecule has 0 fully saturated rings. The van der Waals surface area contributed by atoms with Crippen molar-refractivity contribution in [3.63, 3.8) is 0 Å². The van der Waals surface area contributed by atoms with Gasteiger partial charge in [0.15, 0.2) is 5.75 Å². The van der Waals surface area contributed by atoms with E-state index in [1.54, 1.807) is 25.1 Å². The van der Waals surface area contributed by atoms with E-state index in [2.05, 4.69) is 47.8 Å². The first-order valence-electron chi connectivity index (χ1n) is 13.6. The second-order valence-corrected chi connectivity index (χ2v) is 11.6. The largest absolute Gasteiger partial charge is 0.493 e. The number of fused-ring (bicyclic) bond motifs is 1. The monoisotopic (exact) mass is 578 g/mol. The Hall–Kier alpha value is -4.69. The van der Waals surface area contributed by atoms with E-state index >= 15 is 0 Å². The second kappa shape index (κ2) is 12.4. The first-order chi connectivity index (χ1) is 20.2. The molecule has 1 aromatic heterocycles. The molecule has 2 amide bonds. The van der Waals surface area contributed by atoms with Crippen molar-refractivity contribution in [2.24, 2.45) is 0 Å². The molecule has 0 saturated carbocycles. The maximum absolute atomic E-state index is 13.3. The van der Waals surface area contributed by atoms with Crippen molar-refractivity contribution < 1.29 is 14.3 Å². The fourth-order valence-electron chi connectivity index (χ4n) is 4.57. The summed E-state index contributed by atoms with van der Waals surface area (Å²) in [6.07, 6.45) is 3.70. The van der Waals surface area contributed by atoms with Crippen LogP contribution >= 0.6 is 11.8 Å². The highest BCUT2D eigenvalue weighted by atomic mass is 32.2. The highest BCUT2D eigenvalue weighted by molar-refractivity contribution is 7.98. The molecule has 1 heterocycles. The van der Waals surface area contributed by atoms with E-state index in [-0.39, 0.29) is 11.4 Å². The van der Waals surface area contributed by atoms with Gasteiger partial charge in [0.25, 0.3) is 0 Å². The number of thioether (sulfide) groups is 1. The predicted molar refractivity (Wildman–Crippen MR) is 174 cm³/mol. The molecule has 3 N–H and O–H groups in total. The lowest BCUT2D eigenvalue weighted by Crippen LogP contribution is -2.21. The Bertz CT molecular complexity index is 1720. The molecule has 0 aliphatic carbocycles. The van der Waals surface area contributed by atoms with Gasteiger partial charge in [-0.3, -0.25) is 0 Å². The third-order valence-corrected chi connectivity index (χ3v) is 7.47. The molecule has 0 spiro atoms. The van der Waals surface area contributed by atoms with Crippen LogP contribution in [0.15, 0.2) is 102 Å². The minimum absolute atomic E-state index is 0.0944. The van der Waals surface area contributed by atoms with Crippen molar-refractivity contribution in [3.05, 3.63) is 103 Å². The van der Waals surface area contributed by atoms with Gasteiger partial charge in [-0.25, -0.2) is 9.78 Å². The van der Waals surface area contributed by atoms with Gasteiger partial charge in [0.2, 0.25) is 0 Å². The molecule has 5 aromatic rings. The molecule has 7 nitrogen and oxygen atoms in total. The van der Waals surface area contributed by atoms with E-state index in [1.165, 1.54) is 0 Å². The molecule has 0 aliphatic rings. The van der Waals surface area contributed by atoms with Gasteiger partial charge in [0.1, 0.15) is 17.3 Å². The molecule has 214 valence electrons. The first kappa shape index (κ1) is 28.8. The Morgan fingerprint density at radius 3 is 2.26 bits per heavy atom. The minimum Gasteiger partial charge on any atom is -0.493 e. The zero-order valence-corrected chi connectivity index (χ0v) is 25.1. The number of aromatic nitrogens is 1. The Kier molecular flexibility index (Phi) is 8.54. The molecular formula is C34H34N4O3S. The number of hydrogen-bond donors (Lipinski definition) is 3. The summed E-state index contributed by atoms with van der Waals surface area (Å²) in [4.78, 5) is 18.7. The van der Waals surface area contributed by atoms with E-state index in [9.17, 15) is 4.79 Å². The SMILES string of the molecule is COc1c(NC(=O)Nc2ccc(Oc3ccnc(Nc4ccccc4)c3)c3ccccc23)cc(C(C)(C)C)cc1SC. The van der Waals surface area contributed by atoms with Crippen molar-refractivity contribution in [3.8, 4) is 17.2 Å². The number of ether oxygens (including phenoxy) is 2. The summed E-state index contributed by atoms with van der Waals surface area (Å²) < 4.78 is 12.0. The van der Waals surface area contributed by atoms with Crippen LogP contribution in [0.1, 0.15) is 26.3 Å². The standard InChI is InChI=1S/C34H34N4O3S/c1-34(2,3)22-19-28(32(40-4)30(20-22)42-5)38-33(39)37-27-15-16-29(26-14-10-9-13-25(26)27)41-24-17-18-35-31(21-24)36-23-11-7-6-8-12-23/h6-21H,1-5H3,(H,35,36)(H2,37,38,39). The molecule has 0 unspecified atom stereocenters. The lowest BCUT2D eigenvalue weighted by atomic mass is 9.86. The number of nitrogens with one attached hydrogen (secondary N) is 3. The average Bonchev–Trinajstić information content (AvgIpc) is 2.98. The van der Waals surface area contributed by atoms with Crippen LogP contribution in [0.5, 0.6) is 17.2 Å². The van der Waals surface area contributed by atoms with Gasteiger partial charge in [0.05, 0.1) is 23.4 Å². The van der Waals surface area contributed by atoms with E-state index in [1.807, 2.05) is 91.2 Å². The van der Waals surface area contributed by atoms with Crippen LogP contribution in [-0.2, 0) is 5.41 Å². The van der Waals surface area contributed by atoms with Crippen molar-refractivity contribution in [2.45, 2.75) is 31.1 Å². The van der Waals surface area contributed by atoms with Gasteiger partial charge in [-0.05, 0) is 59.7 Å². The first-order valence-corrected chi connectivity index (χ1v) is 14.8. The number of nitrogens with zero attached hydrogens (tertiary/aromatic N) is 1. The number of carbonyl (C=O) groups excluding carboxylic acids is 1. The Morgan fingerprint density at radius 1 is 0.833 bits per heavy atom. The van der Waals surface area contributed by atoms with Crippen LogP contribution in [0.3, 0.4) is 0 Å². The van der Waals surface area contributed by atoms with Crippen molar-refractivity contribution >= 4 is 51.4 Å². The Labute approximate surface area is 250 Å². The summed E-state index contributed by atoms with van der Waals surface area (Å²) in [6, 6.07) is 28.7. The number of anilines is 4. The van der Waals surface area contributed by atoms with Gasteiger partial charge >= 0.3 is 6.03 Å². The van der Waals surface area contributed by atoms with Gasteiger partial charge in [0, 0.05) is 28.7 Å². The normalized spacial score (nSPS) is 11.2. The summed E-state index contributed by atoms with van der Waals surface area (Å²) in [5.41, 5.74) is 3.23. The molecule has 0 saturated heterocycles. The fourth-order valence-corrected chi connectivity index (χ4v) is 5.20. The zero-order chi connectivity index (χ0) is 29.7. The quantitative estimate of drug-likeness (QED) is 0.159. The van der Waals surface area contributed by atoms with Crippen LogP contribution in [0.4, 0.5) is 27.7 Å². The van der Waals surface area contributed by atoms with Crippen LogP contribution < -0.4 is 25.4 Å². The number of para-hydroxylation sites is 1. The minimum atomic E-state index is -0.365. The number of carbonyl (C=O) groups is 1. The Morgan fingerprint density at radius 2 is 1.55 bits per heavy atom. The molecule has 8 heteroatoms. The zero-order valence-electron chi connectivity index (χ0n) is 24.3. The summed E-state index contributed by atoms with van der Waals surface area (Å²) in [5.74, 6) is 2.62.